The van der Waals surface area contributed by atoms with Crippen LogP contribution in [0.3, 0.4) is 0 Å². The summed E-state index contributed by atoms with van der Waals surface area (Å²) in [4.78, 5) is 7.53. The van der Waals surface area contributed by atoms with Gasteiger partial charge in [0.05, 0.1) is 12.0 Å². The SMILES string of the molecule is CNc1ccc(Cc2nc[nH]c2C)c2ccccc12. The lowest BCUT2D eigenvalue weighted by molar-refractivity contribution is 1.09. The Morgan fingerprint density at radius 3 is 2.58 bits per heavy atom. The molecule has 2 aromatic carbocycles. The molecule has 3 aromatic rings. The molecule has 0 saturated carbocycles. The third kappa shape index (κ3) is 2.08. The summed E-state index contributed by atoms with van der Waals surface area (Å²) >= 11 is 0. The minimum Gasteiger partial charge on any atom is -0.388 e. The molecule has 0 aliphatic carbocycles. The number of aromatic nitrogens is 2. The average molecular weight is 251 g/mol. The highest BCUT2D eigenvalue weighted by Gasteiger charge is 2.08. The third-order valence-corrected chi connectivity index (χ3v) is 3.58. The molecular weight excluding hydrogens is 234 g/mol. The molecule has 0 atom stereocenters. The molecule has 0 amide bonds. The highest BCUT2D eigenvalue weighted by atomic mass is 14.9. The van der Waals surface area contributed by atoms with Crippen molar-refractivity contribution in [3.8, 4) is 0 Å². The molecule has 2 N–H and O–H groups in total. The minimum atomic E-state index is 0.861. The van der Waals surface area contributed by atoms with Crippen molar-refractivity contribution in [2.24, 2.45) is 0 Å². The van der Waals surface area contributed by atoms with E-state index in [9.17, 15) is 0 Å². The Morgan fingerprint density at radius 1 is 1.11 bits per heavy atom. The first-order chi connectivity index (χ1) is 9.29. The largest absolute Gasteiger partial charge is 0.388 e. The van der Waals surface area contributed by atoms with Crippen molar-refractivity contribution in [3.05, 3.63) is 59.7 Å². The Balaban J connectivity index is 2.12. The van der Waals surface area contributed by atoms with E-state index in [1.54, 1.807) is 6.33 Å². The van der Waals surface area contributed by atoms with Crippen molar-refractivity contribution in [3.63, 3.8) is 0 Å². The number of H-pyrrole nitrogens is 1. The normalized spacial score (nSPS) is 10.8. The van der Waals surface area contributed by atoms with Gasteiger partial charge in [0.15, 0.2) is 0 Å². The summed E-state index contributed by atoms with van der Waals surface area (Å²) in [6.45, 7) is 2.06. The van der Waals surface area contributed by atoms with Crippen molar-refractivity contribution in [2.45, 2.75) is 13.3 Å². The molecule has 19 heavy (non-hydrogen) atoms. The average Bonchev–Trinajstić information content (AvgIpc) is 2.85. The Morgan fingerprint density at radius 2 is 1.89 bits per heavy atom. The van der Waals surface area contributed by atoms with E-state index in [-0.39, 0.29) is 0 Å². The molecular formula is C16H17N3. The maximum atomic E-state index is 4.39. The zero-order valence-corrected chi connectivity index (χ0v) is 11.2. The van der Waals surface area contributed by atoms with Crippen LogP contribution in [0.4, 0.5) is 5.69 Å². The van der Waals surface area contributed by atoms with Crippen LogP contribution in [0.2, 0.25) is 0 Å². The van der Waals surface area contributed by atoms with Gasteiger partial charge in [0.1, 0.15) is 0 Å². The molecule has 3 nitrogen and oxygen atoms in total. The van der Waals surface area contributed by atoms with E-state index in [2.05, 4.69) is 58.6 Å². The first-order valence-corrected chi connectivity index (χ1v) is 6.47. The standard InChI is InChI=1S/C16H17N3/c1-11-16(19-10-18-11)9-12-7-8-15(17-2)14-6-4-3-5-13(12)14/h3-8,10,17H,9H2,1-2H3,(H,18,19). The molecule has 1 heterocycles. The summed E-state index contributed by atoms with van der Waals surface area (Å²) in [6.07, 6.45) is 2.62. The lowest BCUT2D eigenvalue weighted by Gasteiger charge is -2.10. The molecule has 0 aliphatic heterocycles. The summed E-state index contributed by atoms with van der Waals surface area (Å²) < 4.78 is 0. The number of anilines is 1. The first kappa shape index (κ1) is 11.8. The van der Waals surface area contributed by atoms with Crippen LogP contribution >= 0.6 is 0 Å². The van der Waals surface area contributed by atoms with Gasteiger partial charge in [0, 0.05) is 30.2 Å². The number of nitrogens with zero attached hydrogens (tertiary/aromatic N) is 1. The van der Waals surface area contributed by atoms with Gasteiger partial charge < -0.3 is 10.3 Å². The maximum Gasteiger partial charge on any atom is 0.0925 e. The molecule has 0 radical (unpaired) electrons. The molecule has 0 fully saturated rings. The number of aromatic amines is 1. The van der Waals surface area contributed by atoms with Crippen molar-refractivity contribution in [1.82, 2.24) is 9.97 Å². The van der Waals surface area contributed by atoms with Crippen LogP contribution in [0.15, 0.2) is 42.7 Å². The van der Waals surface area contributed by atoms with Crippen molar-refractivity contribution in [2.75, 3.05) is 12.4 Å². The molecule has 3 rings (SSSR count). The van der Waals surface area contributed by atoms with Gasteiger partial charge in [-0.2, -0.15) is 0 Å². The van der Waals surface area contributed by atoms with Crippen LogP contribution in [0.25, 0.3) is 10.8 Å². The highest BCUT2D eigenvalue weighted by Crippen LogP contribution is 2.27. The van der Waals surface area contributed by atoms with Gasteiger partial charge in [-0.3, -0.25) is 0 Å². The van der Waals surface area contributed by atoms with E-state index >= 15 is 0 Å². The number of hydrogen-bond acceptors (Lipinski definition) is 2. The third-order valence-electron chi connectivity index (χ3n) is 3.58. The number of aryl methyl sites for hydroxylation is 1. The van der Waals surface area contributed by atoms with E-state index in [0.29, 0.717) is 0 Å². The van der Waals surface area contributed by atoms with E-state index in [1.807, 2.05) is 7.05 Å². The second kappa shape index (κ2) is 4.76. The molecule has 0 spiro atoms. The van der Waals surface area contributed by atoms with Gasteiger partial charge in [-0.05, 0) is 23.9 Å². The second-order valence-corrected chi connectivity index (χ2v) is 4.72. The van der Waals surface area contributed by atoms with Crippen molar-refractivity contribution >= 4 is 16.5 Å². The van der Waals surface area contributed by atoms with Crippen molar-refractivity contribution < 1.29 is 0 Å². The van der Waals surface area contributed by atoms with Gasteiger partial charge in [0.2, 0.25) is 0 Å². The smallest absolute Gasteiger partial charge is 0.0925 e. The fourth-order valence-corrected chi connectivity index (χ4v) is 2.48. The lowest BCUT2D eigenvalue weighted by atomic mass is 9.99. The van der Waals surface area contributed by atoms with Gasteiger partial charge in [-0.1, -0.05) is 30.3 Å². The van der Waals surface area contributed by atoms with Crippen LogP contribution in [0.5, 0.6) is 0 Å². The van der Waals surface area contributed by atoms with Gasteiger partial charge in [0.25, 0.3) is 0 Å². The van der Waals surface area contributed by atoms with Gasteiger partial charge >= 0.3 is 0 Å². The minimum absolute atomic E-state index is 0.861. The van der Waals surface area contributed by atoms with Crippen LogP contribution in [-0.2, 0) is 6.42 Å². The summed E-state index contributed by atoms with van der Waals surface area (Å²) in [5, 5.41) is 5.79. The second-order valence-electron chi connectivity index (χ2n) is 4.72. The molecule has 0 saturated heterocycles. The summed E-state index contributed by atoms with van der Waals surface area (Å²) in [6, 6.07) is 12.8. The number of fused-ring (bicyclic) bond motifs is 1. The van der Waals surface area contributed by atoms with E-state index in [1.165, 1.54) is 16.3 Å². The Labute approximate surface area is 112 Å². The number of rotatable bonds is 3. The fourth-order valence-electron chi connectivity index (χ4n) is 2.48. The lowest BCUT2D eigenvalue weighted by Crippen LogP contribution is -1.95. The molecule has 0 aliphatic rings. The summed E-state index contributed by atoms with van der Waals surface area (Å²) in [5.41, 5.74) is 4.73. The van der Waals surface area contributed by atoms with Crippen LogP contribution < -0.4 is 5.32 Å². The Hall–Kier alpha value is -2.29. The zero-order valence-electron chi connectivity index (χ0n) is 11.2. The predicted octanol–water partition coefficient (Wildman–Crippen LogP) is 3.50. The maximum absolute atomic E-state index is 4.39. The highest BCUT2D eigenvalue weighted by molar-refractivity contribution is 5.96. The summed E-state index contributed by atoms with van der Waals surface area (Å²) in [5.74, 6) is 0. The molecule has 3 heteroatoms. The van der Waals surface area contributed by atoms with E-state index in [0.717, 1.165) is 23.5 Å². The van der Waals surface area contributed by atoms with Gasteiger partial charge in [-0.25, -0.2) is 4.98 Å². The zero-order chi connectivity index (χ0) is 13.2. The summed E-state index contributed by atoms with van der Waals surface area (Å²) in [7, 11) is 1.96. The molecule has 0 unspecified atom stereocenters. The van der Waals surface area contributed by atoms with E-state index < -0.39 is 0 Å². The first-order valence-electron chi connectivity index (χ1n) is 6.47. The predicted molar refractivity (Wildman–Crippen MR) is 79.6 cm³/mol. The van der Waals surface area contributed by atoms with Crippen LogP contribution in [0, 0.1) is 6.92 Å². The quantitative estimate of drug-likeness (QED) is 0.748. The van der Waals surface area contributed by atoms with Crippen LogP contribution in [0.1, 0.15) is 17.0 Å². The van der Waals surface area contributed by atoms with Crippen molar-refractivity contribution in [1.29, 1.82) is 0 Å². The topological polar surface area (TPSA) is 40.7 Å². The molecule has 0 bridgehead atoms. The molecule has 96 valence electrons. The number of imidazole rings is 1. The number of hydrogen-bond donors (Lipinski definition) is 2. The monoisotopic (exact) mass is 251 g/mol. The Bertz CT molecular complexity index is 713. The Kier molecular flexibility index (Phi) is 2.95. The fraction of sp³-hybridized carbons (Fsp3) is 0.188. The number of benzene rings is 2. The number of nitrogens with one attached hydrogen (secondary N) is 2. The van der Waals surface area contributed by atoms with E-state index in [4.69, 9.17) is 0 Å². The van der Waals surface area contributed by atoms with Crippen LogP contribution in [-0.4, -0.2) is 17.0 Å². The molecule has 1 aromatic heterocycles. The van der Waals surface area contributed by atoms with Gasteiger partial charge in [-0.15, -0.1) is 0 Å².